The van der Waals surface area contributed by atoms with E-state index in [2.05, 4.69) is 0 Å². The lowest BCUT2D eigenvalue weighted by atomic mass is 10.2. The number of likely N-dealkylation sites (N-methyl/N-ethyl adjacent to an activating group) is 1. The summed E-state index contributed by atoms with van der Waals surface area (Å²) in [7, 11) is 3.25. The second-order valence-electron chi connectivity index (χ2n) is 4.53. The quantitative estimate of drug-likeness (QED) is 0.799. The molecule has 0 radical (unpaired) electrons. The molecule has 0 spiro atoms. The molecule has 0 bridgehead atoms. The van der Waals surface area contributed by atoms with Gasteiger partial charge in [0.1, 0.15) is 6.04 Å². The highest BCUT2D eigenvalue weighted by atomic mass is 32.2. The number of aliphatic carboxylic acids is 1. The molecule has 1 saturated heterocycles. The Hall–Kier alpha value is -0.950. The van der Waals surface area contributed by atoms with Crippen molar-refractivity contribution in [2.24, 2.45) is 0 Å². The fourth-order valence-corrected chi connectivity index (χ4v) is 3.51. The molecule has 0 aliphatic carbocycles. The van der Waals surface area contributed by atoms with Crippen LogP contribution in [0.2, 0.25) is 0 Å². The molecule has 0 saturated carbocycles. The number of urea groups is 1. The van der Waals surface area contributed by atoms with Gasteiger partial charge in [-0.05, 0) is 6.42 Å². The first-order chi connectivity index (χ1) is 9.02. The third-order valence-corrected chi connectivity index (χ3v) is 4.45. The number of amides is 2. The topological polar surface area (TPSA) is 70.1 Å². The number of hydrogen-bond acceptors (Lipinski definition) is 4. The Morgan fingerprint density at radius 3 is 2.74 bits per heavy atom. The van der Waals surface area contributed by atoms with Crippen LogP contribution >= 0.6 is 11.8 Å². The average molecular weight is 290 g/mol. The molecule has 0 aromatic carbocycles. The van der Waals surface area contributed by atoms with Gasteiger partial charge in [0.25, 0.3) is 0 Å². The number of rotatable bonds is 6. The molecule has 1 fully saturated rings. The first kappa shape index (κ1) is 16.1. The zero-order valence-corrected chi connectivity index (χ0v) is 12.5. The molecule has 2 atom stereocenters. The molecular formula is C12H22N2O4S. The summed E-state index contributed by atoms with van der Waals surface area (Å²) >= 11 is 1.55. The maximum Gasteiger partial charge on any atom is 0.327 e. The number of ether oxygens (including phenoxy) is 1. The molecule has 110 valence electrons. The molecule has 1 rings (SSSR count). The number of carboxylic acids is 1. The van der Waals surface area contributed by atoms with Crippen LogP contribution in [0.25, 0.3) is 0 Å². The average Bonchev–Trinajstić information content (AvgIpc) is 2.79. The van der Waals surface area contributed by atoms with Gasteiger partial charge in [-0.3, -0.25) is 4.90 Å². The first-order valence-corrected chi connectivity index (χ1v) is 7.44. The Labute approximate surface area is 118 Å². The molecule has 1 aliphatic rings. The highest BCUT2D eigenvalue weighted by molar-refractivity contribution is 8.00. The first-order valence-electron chi connectivity index (χ1n) is 6.39. The normalized spacial score (nSPS) is 22.6. The third-order valence-electron chi connectivity index (χ3n) is 3.09. The van der Waals surface area contributed by atoms with E-state index in [4.69, 9.17) is 4.74 Å². The summed E-state index contributed by atoms with van der Waals surface area (Å²) in [6.07, 6.45) is 1.74. The Morgan fingerprint density at radius 1 is 1.53 bits per heavy atom. The largest absolute Gasteiger partial charge is 0.480 e. The van der Waals surface area contributed by atoms with Crippen LogP contribution < -0.4 is 0 Å². The van der Waals surface area contributed by atoms with Crippen molar-refractivity contribution in [1.29, 1.82) is 0 Å². The van der Waals surface area contributed by atoms with E-state index in [1.807, 2.05) is 6.92 Å². The number of methoxy groups -OCH3 is 1. The molecular weight excluding hydrogens is 268 g/mol. The van der Waals surface area contributed by atoms with Crippen LogP contribution in [0.5, 0.6) is 0 Å². The van der Waals surface area contributed by atoms with Crippen molar-refractivity contribution in [2.75, 3.05) is 33.1 Å². The van der Waals surface area contributed by atoms with Crippen LogP contribution in [-0.4, -0.2) is 71.4 Å². The Morgan fingerprint density at radius 2 is 2.21 bits per heavy atom. The van der Waals surface area contributed by atoms with Gasteiger partial charge in [-0.1, -0.05) is 13.3 Å². The van der Waals surface area contributed by atoms with Gasteiger partial charge in [-0.25, -0.2) is 9.59 Å². The van der Waals surface area contributed by atoms with Crippen LogP contribution in [0.15, 0.2) is 0 Å². The van der Waals surface area contributed by atoms with Gasteiger partial charge in [-0.2, -0.15) is 0 Å². The molecule has 7 heteroatoms. The third kappa shape index (κ3) is 4.01. The van der Waals surface area contributed by atoms with E-state index in [0.29, 0.717) is 18.9 Å². The minimum Gasteiger partial charge on any atom is -0.480 e. The minimum atomic E-state index is -0.931. The predicted octanol–water partition coefficient (Wildman–Crippen LogP) is 1.31. The molecule has 2 amide bonds. The maximum absolute atomic E-state index is 12.4. The van der Waals surface area contributed by atoms with Crippen molar-refractivity contribution >= 4 is 23.8 Å². The van der Waals surface area contributed by atoms with Crippen molar-refractivity contribution in [3.8, 4) is 0 Å². The smallest absolute Gasteiger partial charge is 0.327 e. The van der Waals surface area contributed by atoms with Crippen LogP contribution in [-0.2, 0) is 9.53 Å². The van der Waals surface area contributed by atoms with E-state index in [-0.39, 0.29) is 11.4 Å². The molecule has 2 unspecified atom stereocenters. The standard InChI is InChI=1S/C12H22N2O4S/c1-4-5-10-14(9(8-19-10)11(15)16)12(17)13(2)6-7-18-3/h9-10H,4-8H2,1-3H3,(H,15,16). The lowest BCUT2D eigenvalue weighted by Crippen LogP contribution is -2.51. The number of hydrogen-bond donors (Lipinski definition) is 1. The van der Waals surface area contributed by atoms with E-state index in [1.54, 1.807) is 25.9 Å². The van der Waals surface area contributed by atoms with Gasteiger partial charge in [0.15, 0.2) is 0 Å². The second-order valence-corrected chi connectivity index (χ2v) is 5.75. The molecule has 0 aromatic heterocycles. The van der Waals surface area contributed by atoms with Crippen LogP contribution in [0.1, 0.15) is 19.8 Å². The molecule has 1 heterocycles. The van der Waals surface area contributed by atoms with Gasteiger partial charge in [0.2, 0.25) is 0 Å². The van der Waals surface area contributed by atoms with E-state index in [0.717, 1.165) is 12.8 Å². The van der Waals surface area contributed by atoms with Crippen molar-refractivity contribution in [2.45, 2.75) is 31.2 Å². The van der Waals surface area contributed by atoms with Gasteiger partial charge < -0.3 is 14.7 Å². The number of thioether (sulfide) groups is 1. The minimum absolute atomic E-state index is 0.0383. The summed E-state index contributed by atoms with van der Waals surface area (Å²) in [5, 5.41) is 9.19. The van der Waals surface area contributed by atoms with Crippen molar-refractivity contribution in [1.82, 2.24) is 9.80 Å². The van der Waals surface area contributed by atoms with Crippen molar-refractivity contribution < 1.29 is 19.4 Å². The zero-order valence-electron chi connectivity index (χ0n) is 11.7. The van der Waals surface area contributed by atoms with E-state index >= 15 is 0 Å². The SMILES string of the molecule is CCCC1SCC(C(=O)O)N1C(=O)N(C)CCOC. The van der Waals surface area contributed by atoms with Crippen LogP contribution in [0.3, 0.4) is 0 Å². The molecule has 0 aromatic rings. The second kappa shape index (κ2) is 7.59. The van der Waals surface area contributed by atoms with E-state index < -0.39 is 12.0 Å². The molecule has 1 aliphatic heterocycles. The monoisotopic (exact) mass is 290 g/mol. The van der Waals surface area contributed by atoms with Gasteiger partial charge in [0.05, 0.1) is 12.0 Å². The summed E-state index contributed by atoms with van der Waals surface area (Å²) in [5.74, 6) is -0.469. The van der Waals surface area contributed by atoms with Gasteiger partial charge >= 0.3 is 12.0 Å². The Bertz CT molecular complexity index is 327. The van der Waals surface area contributed by atoms with Crippen LogP contribution in [0.4, 0.5) is 4.79 Å². The van der Waals surface area contributed by atoms with Crippen molar-refractivity contribution in [3.05, 3.63) is 0 Å². The zero-order chi connectivity index (χ0) is 14.4. The lowest BCUT2D eigenvalue weighted by Gasteiger charge is -2.31. The van der Waals surface area contributed by atoms with E-state index in [1.165, 1.54) is 9.80 Å². The Kier molecular flexibility index (Phi) is 6.44. The summed E-state index contributed by atoms with van der Waals surface area (Å²) in [6.45, 7) is 2.94. The van der Waals surface area contributed by atoms with Gasteiger partial charge in [-0.15, -0.1) is 11.8 Å². The fraction of sp³-hybridized carbons (Fsp3) is 0.833. The highest BCUT2D eigenvalue weighted by Crippen LogP contribution is 2.32. The molecule has 19 heavy (non-hydrogen) atoms. The van der Waals surface area contributed by atoms with Crippen LogP contribution in [0, 0.1) is 0 Å². The van der Waals surface area contributed by atoms with Gasteiger partial charge in [0, 0.05) is 26.5 Å². The Balaban J connectivity index is 2.76. The highest BCUT2D eigenvalue weighted by Gasteiger charge is 2.42. The van der Waals surface area contributed by atoms with Crippen molar-refractivity contribution in [3.63, 3.8) is 0 Å². The number of carbonyl (C=O) groups is 2. The number of carboxylic acid groups (broad SMARTS) is 1. The lowest BCUT2D eigenvalue weighted by molar-refractivity contribution is -0.141. The van der Waals surface area contributed by atoms with E-state index in [9.17, 15) is 14.7 Å². The summed E-state index contributed by atoms with van der Waals surface area (Å²) < 4.78 is 4.94. The summed E-state index contributed by atoms with van der Waals surface area (Å²) in [5.41, 5.74) is 0. The number of carbonyl (C=O) groups excluding carboxylic acids is 1. The molecule has 1 N–H and O–H groups in total. The summed E-state index contributed by atoms with van der Waals surface area (Å²) in [6, 6.07) is -0.952. The predicted molar refractivity (Wildman–Crippen MR) is 74.3 cm³/mol. The molecule has 6 nitrogen and oxygen atoms in total. The number of nitrogens with zero attached hydrogens (tertiary/aromatic N) is 2. The fourth-order valence-electron chi connectivity index (χ4n) is 2.00. The summed E-state index contributed by atoms with van der Waals surface area (Å²) in [4.78, 5) is 26.7. The maximum atomic E-state index is 12.4.